The molecule has 1 N–H and O–H groups in total. The van der Waals surface area contributed by atoms with Crippen molar-refractivity contribution in [1.82, 2.24) is 20.0 Å². The molecule has 1 aromatic carbocycles. The van der Waals surface area contributed by atoms with Gasteiger partial charge in [-0.25, -0.2) is 4.39 Å². The van der Waals surface area contributed by atoms with E-state index in [1.807, 2.05) is 13.1 Å². The molecule has 0 saturated carbocycles. The molecule has 3 aromatic rings. The van der Waals surface area contributed by atoms with Gasteiger partial charge in [-0.2, -0.15) is 5.10 Å². The maximum absolute atomic E-state index is 14.2. The molecule has 7 heteroatoms. The van der Waals surface area contributed by atoms with Crippen LogP contribution in [0.4, 0.5) is 4.39 Å². The number of hydrogen-bond donors (Lipinski definition) is 1. The van der Waals surface area contributed by atoms with E-state index in [2.05, 4.69) is 22.2 Å². The Labute approximate surface area is 161 Å². The number of rotatable bonds is 5. The Morgan fingerprint density at radius 3 is 3.00 bits per heavy atom. The molecule has 1 unspecified atom stereocenters. The molecule has 1 fully saturated rings. The van der Waals surface area contributed by atoms with Crippen molar-refractivity contribution in [3.8, 4) is 11.3 Å². The van der Waals surface area contributed by atoms with E-state index >= 15 is 0 Å². The second-order valence-corrected chi connectivity index (χ2v) is 7.95. The van der Waals surface area contributed by atoms with Gasteiger partial charge >= 0.3 is 0 Å². The summed E-state index contributed by atoms with van der Waals surface area (Å²) in [5.74, 6) is -0.380. The average molecular weight is 386 g/mol. The largest absolute Gasteiger partial charge is 0.350 e. The lowest BCUT2D eigenvalue weighted by Crippen LogP contribution is -2.39. The Bertz CT molecular complexity index is 980. The van der Waals surface area contributed by atoms with Crippen molar-refractivity contribution in [2.75, 3.05) is 19.6 Å². The fraction of sp³-hybridized carbons (Fsp3) is 0.400. The van der Waals surface area contributed by atoms with E-state index in [0.29, 0.717) is 28.7 Å². The second-order valence-electron chi connectivity index (χ2n) is 6.92. The maximum atomic E-state index is 14.2. The van der Waals surface area contributed by atoms with Crippen molar-refractivity contribution in [3.63, 3.8) is 0 Å². The van der Waals surface area contributed by atoms with Crippen molar-refractivity contribution in [2.24, 2.45) is 7.05 Å². The smallest absolute Gasteiger partial charge is 0.261 e. The highest BCUT2D eigenvalue weighted by atomic mass is 32.1. The van der Waals surface area contributed by atoms with Crippen LogP contribution in [0.3, 0.4) is 0 Å². The van der Waals surface area contributed by atoms with Crippen LogP contribution in [0.2, 0.25) is 0 Å². The summed E-state index contributed by atoms with van der Waals surface area (Å²) in [5, 5.41) is 8.35. The lowest BCUT2D eigenvalue weighted by atomic mass is 10.1. The van der Waals surface area contributed by atoms with E-state index in [-0.39, 0.29) is 11.7 Å². The number of fused-ring (bicyclic) bond motifs is 1. The SMILES string of the molecule is CCN1CCCC1CNC(=O)c1cc2c(-c3ccccc3F)nn(C)c2s1. The maximum Gasteiger partial charge on any atom is 0.261 e. The molecule has 5 nitrogen and oxygen atoms in total. The first-order valence-corrected chi connectivity index (χ1v) is 10.1. The molecule has 1 aliphatic heterocycles. The lowest BCUT2D eigenvalue weighted by Gasteiger charge is -2.22. The van der Waals surface area contributed by atoms with Gasteiger partial charge in [0.2, 0.25) is 0 Å². The number of benzene rings is 1. The number of carbonyl (C=O) groups excluding carboxylic acids is 1. The topological polar surface area (TPSA) is 50.2 Å². The fourth-order valence-corrected chi connectivity index (χ4v) is 4.83. The molecule has 1 atom stereocenters. The van der Waals surface area contributed by atoms with Gasteiger partial charge in [-0.1, -0.05) is 19.1 Å². The van der Waals surface area contributed by atoms with Gasteiger partial charge in [-0.15, -0.1) is 11.3 Å². The van der Waals surface area contributed by atoms with E-state index in [1.165, 1.54) is 23.8 Å². The minimum Gasteiger partial charge on any atom is -0.350 e. The van der Waals surface area contributed by atoms with Crippen LogP contribution in [0.15, 0.2) is 30.3 Å². The van der Waals surface area contributed by atoms with Crippen LogP contribution in [0, 0.1) is 5.82 Å². The van der Waals surface area contributed by atoms with Crippen molar-refractivity contribution in [3.05, 3.63) is 41.0 Å². The van der Waals surface area contributed by atoms with E-state index in [9.17, 15) is 9.18 Å². The fourth-order valence-electron chi connectivity index (χ4n) is 3.85. The summed E-state index contributed by atoms with van der Waals surface area (Å²) in [4.78, 5) is 16.6. The molecule has 1 saturated heterocycles. The molecule has 0 bridgehead atoms. The van der Waals surface area contributed by atoms with Crippen LogP contribution in [-0.4, -0.2) is 46.3 Å². The highest BCUT2D eigenvalue weighted by Gasteiger charge is 2.24. The molecule has 27 heavy (non-hydrogen) atoms. The quantitative estimate of drug-likeness (QED) is 0.728. The Kier molecular flexibility index (Phi) is 4.97. The Balaban J connectivity index is 1.58. The molecule has 2 aromatic heterocycles. The predicted molar refractivity (Wildman–Crippen MR) is 107 cm³/mol. The van der Waals surface area contributed by atoms with E-state index in [0.717, 1.165) is 29.7 Å². The molecule has 1 aliphatic rings. The van der Waals surface area contributed by atoms with Crippen molar-refractivity contribution >= 4 is 27.5 Å². The van der Waals surface area contributed by atoms with Gasteiger partial charge in [0.25, 0.3) is 5.91 Å². The molecule has 0 spiro atoms. The van der Waals surface area contributed by atoms with Gasteiger partial charge in [0, 0.05) is 30.6 Å². The molecule has 3 heterocycles. The van der Waals surface area contributed by atoms with E-state index < -0.39 is 0 Å². The summed E-state index contributed by atoms with van der Waals surface area (Å²) >= 11 is 1.39. The van der Waals surface area contributed by atoms with Crippen LogP contribution >= 0.6 is 11.3 Å². The Morgan fingerprint density at radius 1 is 1.41 bits per heavy atom. The minimum absolute atomic E-state index is 0.0707. The number of carbonyl (C=O) groups is 1. The lowest BCUT2D eigenvalue weighted by molar-refractivity contribution is 0.0945. The van der Waals surface area contributed by atoms with E-state index in [4.69, 9.17) is 0 Å². The number of likely N-dealkylation sites (N-methyl/N-ethyl adjacent to an activating group) is 1. The highest BCUT2D eigenvalue weighted by Crippen LogP contribution is 2.34. The zero-order valence-electron chi connectivity index (χ0n) is 15.5. The number of likely N-dealkylation sites (tertiary alicyclic amines) is 1. The summed E-state index contributed by atoms with van der Waals surface area (Å²) in [6.07, 6.45) is 2.32. The number of nitrogens with zero attached hydrogens (tertiary/aromatic N) is 3. The summed E-state index contributed by atoms with van der Waals surface area (Å²) < 4.78 is 15.9. The zero-order chi connectivity index (χ0) is 19.0. The molecule has 142 valence electrons. The third kappa shape index (κ3) is 3.37. The van der Waals surface area contributed by atoms with Gasteiger partial charge in [0.15, 0.2) is 0 Å². The van der Waals surface area contributed by atoms with Crippen LogP contribution in [0.25, 0.3) is 21.5 Å². The van der Waals surface area contributed by atoms with Crippen molar-refractivity contribution in [1.29, 1.82) is 0 Å². The number of amides is 1. The van der Waals surface area contributed by atoms with Gasteiger partial charge in [-0.3, -0.25) is 14.4 Å². The second kappa shape index (κ2) is 7.40. The van der Waals surface area contributed by atoms with Crippen LogP contribution in [0.5, 0.6) is 0 Å². The van der Waals surface area contributed by atoms with Crippen molar-refractivity contribution in [2.45, 2.75) is 25.8 Å². The summed E-state index contributed by atoms with van der Waals surface area (Å²) in [6.45, 7) is 4.95. The normalized spacial score (nSPS) is 17.7. The third-order valence-electron chi connectivity index (χ3n) is 5.27. The number of nitrogens with one attached hydrogen (secondary N) is 1. The van der Waals surface area contributed by atoms with Gasteiger partial charge in [-0.05, 0) is 44.1 Å². The van der Waals surface area contributed by atoms with Gasteiger partial charge < -0.3 is 5.32 Å². The number of aromatic nitrogens is 2. The zero-order valence-corrected chi connectivity index (χ0v) is 16.4. The van der Waals surface area contributed by atoms with Gasteiger partial charge in [0.05, 0.1) is 4.88 Å². The van der Waals surface area contributed by atoms with Crippen LogP contribution in [-0.2, 0) is 7.05 Å². The molecule has 0 radical (unpaired) electrons. The summed E-state index contributed by atoms with van der Waals surface area (Å²) in [7, 11) is 1.82. The predicted octanol–water partition coefficient (Wildman–Crippen LogP) is 3.66. The first kappa shape index (κ1) is 18.1. The first-order chi connectivity index (χ1) is 13.1. The Hall–Kier alpha value is -2.25. The molecule has 1 amide bonds. The number of hydrogen-bond acceptors (Lipinski definition) is 4. The highest BCUT2D eigenvalue weighted by molar-refractivity contribution is 7.20. The standard InChI is InChI=1S/C20H23FN4OS/c1-3-25-10-6-7-13(25)12-22-19(26)17-11-15-18(23-24(2)20(15)27-17)14-8-4-5-9-16(14)21/h4-5,8-9,11,13H,3,6-7,10,12H2,1-2H3,(H,22,26). The molecule has 0 aliphatic carbocycles. The van der Waals surface area contributed by atoms with Crippen LogP contribution in [0.1, 0.15) is 29.4 Å². The summed E-state index contributed by atoms with van der Waals surface area (Å²) in [5.41, 5.74) is 1.03. The number of aryl methyl sites for hydroxylation is 1. The Morgan fingerprint density at radius 2 is 2.22 bits per heavy atom. The molecule has 4 rings (SSSR count). The average Bonchev–Trinajstić information content (AvgIpc) is 3.37. The first-order valence-electron chi connectivity index (χ1n) is 9.32. The third-order valence-corrected chi connectivity index (χ3v) is 6.47. The summed E-state index contributed by atoms with van der Waals surface area (Å²) in [6, 6.07) is 8.85. The monoisotopic (exact) mass is 386 g/mol. The molecular weight excluding hydrogens is 363 g/mol. The molecular formula is C20H23FN4OS. The minimum atomic E-state index is -0.310. The van der Waals surface area contributed by atoms with Crippen LogP contribution < -0.4 is 5.32 Å². The number of thiophene rings is 1. The van der Waals surface area contributed by atoms with Gasteiger partial charge in [0.1, 0.15) is 16.3 Å². The number of halogens is 1. The van der Waals surface area contributed by atoms with Crippen molar-refractivity contribution < 1.29 is 9.18 Å². The van der Waals surface area contributed by atoms with E-state index in [1.54, 1.807) is 22.9 Å².